The lowest BCUT2D eigenvalue weighted by Crippen LogP contribution is -2.35. The third-order valence-electron chi connectivity index (χ3n) is 5.19. The van der Waals surface area contributed by atoms with Gasteiger partial charge < -0.3 is 19.8 Å². The molecule has 0 aromatic heterocycles. The van der Waals surface area contributed by atoms with E-state index in [2.05, 4.69) is 93.1 Å². The molecule has 43 heavy (non-hydrogen) atoms. The Morgan fingerprint density at radius 2 is 1.00 bits per heavy atom. The smallest absolute Gasteiger partial charge is 0.388 e. The number of morpholine rings is 1. The molecule has 0 atom stereocenters. The first kappa shape index (κ1) is 58.2. The van der Waals surface area contributed by atoms with Crippen LogP contribution in [0.5, 0.6) is 0 Å². The van der Waals surface area contributed by atoms with Crippen LogP contribution in [0.25, 0.3) is 0 Å². The molecule has 0 aromatic rings. The van der Waals surface area contributed by atoms with Crippen LogP contribution in [0.3, 0.4) is 0 Å². The van der Waals surface area contributed by atoms with Crippen LogP contribution in [-0.2, 0) is 4.74 Å². The average molecular weight is 637 g/mol. The van der Waals surface area contributed by atoms with Crippen molar-refractivity contribution >= 4 is 0 Å². The molecular weight excluding hydrogens is 553 g/mol. The fourth-order valence-corrected chi connectivity index (χ4v) is 1.24. The molecule has 1 saturated carbocycles. The molecule has 8 heteroatoms. The van der Waals surface area contributed by atoms with Crippen molar-refractivity contribution in [1.82, 2.24) is 9.80 Å². The second-order valence-electron chi connectivity index (χ2n) is 10.6. The summed E-state index contributed by atoms with van der Waals surface area (Å²) in [5.41, 5.74) is 0. The average Bonchev–Trinajstić information content (AvgIpc) is 3.81. The van der Waals surface area contributed by atoms with Gasteiger partial charge in [-0.05, 0) is 45.9 Å². The van der Waals surface area contributed by atoms with Gasteiger partial charge in [0.1, 0.15) is 0 Å². The van der Waals surface area contributed by atoms with Crippen molar-refractivity contribution in [2.45, 2.75) is 160 Å². The van der Waals surface area contributed by atoms with E-state index in [1.54, 1.807) is 0 Å². The maximum Gasteiger partial charge on any atom is 0.388 e. The first-order valence-corrected chi connectivity index (χ1v) is 17.5. The normalized spacial score (nSPS) is 13.1. The molecule has 5 nitrogen and oxygen atoms in total. The van der Waals surface area contributed by atoms with Gasteiger partial charge in [0, 0.05) is 32.7 Å². The highest BCUT2D eigenvalue weighted by atomic mass is 19.4. The van der Waals surface area contributed by atoms with E-state index in [4.69, 9.17) is 14.9 Å². The van der Waals surface area contributed by atoms with Gasteiger partial charge in [-0.3, -0.25) is 4.90 Å². The van der Waals surface area contributed by atoms with Crippen LogP contribution in [-0.4, -0.2) is 92.9 Å². The third kappa shape index (κ3) is 128. The van der Waals surface area contributed by atoms with Gasteiger partial charge in [0.05, 0.1) is 13.2 Å². The summed E-state index contributed by atoms with van der Waals surface area (Å²) in [6.07, 6.45) is 7.73. The van der Waals surface area contributed by atoms with Gasteiger partial charge in [-0.1, -0.05) is 134 Å². The second kappa shape index (κ2) is 57.3. The zero-order valence-electron chi connectivity index (χ0n) is 31.8. The zero-order chi connectivity index (χ0) is 35.4. The van der Waals surface area contributed by atoms with E-state index in [9.17, 15) is 13.2 Å². The molecule has 1 aliphatic heterocycles. The van der Waals surface area contributed by atoms with Gasteiger partial charge in [0.15, 0.2) is 0 Å². The number of aliphatic hydroxyl groups excluding tert-OH is 2. The lowest BCUT2D eigenvalue weighted by molar-refractivity contribution is -0.130. The van der Waals surface area contributed by atoms with Crippen LogP contribution in [0.4, 0.5) is 13.2 Å². The Labute approximate surface area is 270 Å². The molecule has 0 aromatic carbocycles. The Bertz CT molecular complexity index is 362. The number of unbranched alkanes of at least 4 members (excludes halogenated alkanes) is 3. The lowest BCUT2D eigenvalue weighted by Gasteiger charge is -2.24. The van der Waals surface area contributed by atoms with Crippen molar-refractivity contribution in [3.8, 4) is 0 Å². The van der Waals surface area contributed by atoms with Crippen molar-refractivity contribution in [1.29, 1.82) is 0 Å². The molecule has 1 aliphatic carbocycles. The zero-order valence-corrected chi connectivity index (χ0v) is 31.8. The molecular formula is C35H83F3N2O3. The third-order valence-corrected chi connectivity index (χ3v) is 5.19. The van der Waals surface area contributed by atoms with Crippen LogP contribution in [0.15, 0.2) is 0 Å². The first-order valence-electron chi connectivity index (χ1n) is 17.5. The quantitative estimate of drug-likeness (QED) is 0.291. The lowest BCUT2D eigenvalue weighted by atomic mass is 10.4. The fraction of sp³-hybridized carbons (Fsp3) is 1.00. The highest BCUT2D eigenvalue weighted by Gasteiger charge is 2.22. The summed E-state index contributed by atoms with van der Waals surface area (Å²) in [6.45, 7) is 31.7. The molecule has 2 fully saturated rings. The van der Waals surface area contributed by atoms with Gasteiger partial charge in [0.25, 0.3) is 0 Å². The van der Waals surface area contributed by atoms with Crippen LogP contribution in [0.1, 0.15) is 154 Å². The van der Waals surface area contributed by atoms with Crippen molar-refractivity contribution in [3.05, 3.63) is 0 Å². The largest absolute Gasteiger partial charge is 0.396 e. The Morgan fingerprint density at radius 3 is 1.07 bits per heavy atom. The summed E-state index contributed by atoms with van der Waals surface area (Å²) in [5, 5.41) is 15.9. The SMILES string of the molecule is CC1CC1.CCC.CCC(F)(F)F.CCCC.CCCC.CCCCO.CCCO.CCN(C)C.CCN1CCOCC1. The summed E-state index contributed by atoms with van der Waals surface area (Å²) >= 11 is 0. The van der Waals surface area contributed by atoms with Crippen LogP contribution >= 0.6 is 0 Å². The Hall–Kier alpha value is -0.410. The maximum atomic E-state index is 10.8. The molecule has 272 valence electrons. The summed E-state index contributed by atoms with van der Waals surface area (Å²) < 4.78 is 37.5. The van der Waals surface area contributed by atoms with Crippen molar-refractivity contribution < 1.29 is 28.1 Å². The summed E-state index contributed by atoms with van der Waals surface area (Å²) in [6, 6.07) is 0. The number of rotatable bonds is 7. The second-order valence-corrected chi connectivity index (χ2v) is 10.6. The van der Waals surface area contributed by atoms with Crippen molar-refractivity contribution in [2.24, 2.45) is 5.92 Å². The number of hydrogen-bond donors (Lipinski definition) is 2. The minimum Gasteiger partial charge on any atom is -0.396 e. The summed E-state index contributed by atoms with van der Waals surface area (Å²) in [5.74, 6) is 1.08. The predicted octanol–water partition coefficient (Wildman–Crippen LogP) is 10.5. The Morgan fingerprint density at radius 1 is 0.698 bits per heavy atom. The van der Waals surface area contributed by atoms with E-state index in [-0.39, 0.29) is 0 Å². The van der Waals surface area contributed by atoms with Crippen LogP contribution < -0.4 is 0 Å². The molecule has 2 rings (SSSR count). The molecule has 0 unspecified atom stereocenters. The van der Waals surface area contributed by atoms with E-state index < -0.39 is 12.6 Å². The van der Waals surface area contributed by atoms with Gasteiger partial charge in [-0.2, -0.15) is 13.2 Å². The highest BCUT2D eigenvalue weighted by Crippen LogP contribution is 2.26. The van der Waals surface area contributed by atoms with Gasteiger partial charge in [0.2, 0.25) is 0 Å². The number of ether oxygens (including phenoxy) is 1. The number of aliphatic hydroxyl groups is 2. The standard InChI is InChI=1S/C6H13NO.C4H11N.C4H10O.C4H8.2C4H10.C3H5F3.C3H8O.C3H8/c1-2-7-3-5-8-6-4-7;1-4-5(2)3;1-2-3-4-5;1-4-2-3-4;2*1-3-4-2;1-2-3(4,5)6;1-2-3-4;1-3-2/h2-6H2,1H3;4H2,1-3H3;5H,2-4H2,1H3;4H,2-3H2,1H3;2*3-4H2,1-2H3;2H2,1H3;4H,2-3H2,1H3;3H2,1-2H3. The minimum absolute atomic E-state index is 0.319. The number of alkyl halides is 3. The number of nitrogens with zero attached hydrogens (tertiary/aromatic N) is 2. The maximum absolute atomic E-state index is 10.8. The monoisotopic (exact) mass is 637 g/mol. The molecule has 0 amide bonds. The molecule has 0 radical (unpaired) electrons. The Kier molecular flexibility index (Phi) is 77.5. The van der Waals surface area contributed by atoms with Crippen LogP contribution in [0.2, 0.25) is 0 Å². The van der Waals surface area contributed by atoms with E-state index in [1.807, 2.05) is 6.92 Å². The fourth-order valence-electron chi connectivity index (χ4n) is 1.24. The summed E-state index contributed by atoms with van der Waals surface area (Å²) in [7, 11) is 4.11. The van der Waals surface area contributed by atoms with E-state index in [1.165, 1.54) is 51.5 Å². The number of likely N-dealkylation sites (N-methyl/N-ethyl adjacent to an activating group) is 1. The van der Waals surface area contributed by atoms with E-state index >= 15 is 0 Å². The summed E-state index contributed by atoms with van der Waals surface area (Å²) in [4.78, 5) is 4.52. The first-order chi connectivity index (χ1) is 20.2. The van der Waals surface area contributed by atoms with Crippen molar-refractivity contribution in [3.63, 3.8) is 0 Å². The van der Waals surface area contributed by atoms with Crippen molar-refractivity contribution in [2.75, 3.05) is 66.7 Å². The van der Waals surface area contributed by atoms with Gasteiger partial charge in [-0.25, -0.2) is 0 Å². The molecule has 0 bridgehead atoms. The molecule has 1 saturated heterocycles. The molecule has 1 heterocycles. The predicted molar refractivity (Wildman–Crippen MR) is 188 cm³/mol. The minimum atomic E-state index is -3.96. The van der Waals surface area contributed by atoms with Crippen LogP contribution in [0, 0.1) is 5.92 Å². The van der Waals surface area contributed by atoms with Gasteiger partial charge >= 0.3 is 6.18 Å². The highest BCUT2D eigenvalue weighted by molar-refractivity contribution is 4.65. The van der Waals surface area contributed by atoms with Gasteiger partial charge in [-0.15, -0.1) is 0 Å². The number of halogens is 3. The molecule has 2 N–H and O–H groups in total. The number of hydrogen-bond acceptors (Lipinski definition) is 5. The van der Waals surface area contributed by atoms with E-state index in [0.29, 0.717) is 13.2 Å². The molecule has 2 aliphatic rings. The van der Waals surface area contributed by atoms with E-state index in [0.717, 1.165) is 65.0 Å². The Balaban J connectivity index is -0.0000000689. The topological polar surface area (TPSA) is 56.2 Å². The molecule has 0 spiro atoms.